The average molecular weight is 246 g/mol. The van der Waals surface area contributed by atoms with E-state index in [4.69, 9.17) is 4.74 Å². The SMILES string of the molecule is Cc1cnccc1C(=O)N1CCO[C@H]2CCC[C@H]21. The highest BCUT2D eigenvalue weighted by molar-refractivity contribution is 5.95. The first-order chi connectivity index (χ1) is 8.77. The largest absolute Gasteiger partial charge is 0.374 e. The minimum Gasteiger partial charge on any atom is -0.374 e. The third kappa shape index (κ3) is 1.90. The van der Waals surface area contributed by atoms with E-state index in [-0.39, 0.29) is 18.1 Å². The molecule has 2 aliphatic rings. The second kappa shape index (κ2) is 4.69. The van der Waals surface area contributed by atoms with Crippen LogP contribution in [0.1, 0.15) is 35.2 Å². The molecule has 1 aromatic rings. The number of aromatic nitrogens is 1. The normalized spacial score (nSPS) is 27.1. The molecular formula is C14H18N2O2. The number of amides is 1. The van der Waals surface area contributed by atoms with Crippen molar-refractivity contribution < 1.29 is 9.53 Å². The van der Waals surface area contributed by atoms with Crippen LogP contribution in [0.15, 0.2) is 18.5 Å². The molecule has 96 valence electrons. The quantitative estimate of drug-likeness (QED) is 0.758. The minimum absolute atomic E-state index is 0.134. The molecule has 2 atom stereocenters. The van der Waals surface area contributed by atoms with Gasteiger partial charge in [0, 0.05) is 24.5 Å². The van der Waals surface area contributed by atoms with E-state index >= 15 is 0 Å². The van der Waals surface area contributed by atoms with Gasteiger partial charge in [-0.1, -0.05) is 0 Å². The van der Waals surface area contributed by atoms with E-state index < -0.39 is 0 Å². The van der Waals surface area contributed by atoms with Crippen LogP contribution < -0.4 is 0 Å². The number of fused-ring (bicyclic) bond motifs is 1. The van der Waals surface area contributed by atoms with Gasteiger partial charge >= 0.3 is 0 Å². The summed E-state index contributed by atoms with van der Waals surface area (Å²) < 4.78 is 5.74. The Morgan fingerprint density at radius 2 is 2.39 bits per heavy atom. The fraction of sp³-hybridized carbons (Fsp3) is 0.571. The highest BCUT2D eigenvalue weighted by atomic mass is 16.5. The smallest absolute Gasteiger partial charge is 0.254 e. The summed E-state index contributed by atoms with van der Waals surface area (Å²) in [6.45, 7) is 3.31. The second-order valence-corrected chi connectivity index (χ2v) is 5.10. The van der Waals surface area contributed by atoms with Crippen LogP contribution in [-0.4, -0.2) is 41.1 Å². The van der Waals surface area contributed by atoms with Gasteiger partial charge in [0.1, 0.15) is 0 Å². The number of morpholine rings is 1. The van der Waals surface area contributed by atoms with Gasteiger partial charge in [-0.25, -0.2) is 0 Å². The van der Waals surface area contributed by atoms with E-state index in [9.17, 15) is 4.79 Å². The van der Waals surface area contributed by atoms with Crippen LogP contribution in [0.4, 0.5) is 0 Å². The maximum Gasteiger partial charge on any atom is 0.254 e. The van der Waals surface area contributed by atoms with Crippen molar-refractivity contribution in [3.05, 3.63) is 29.6 Å². The molecule has 0 bridgehead atoms. The van der Waals surface area contributed by atoms with Crippen LogP contribution in [0.25, 0.3) is 0 Å². The second-order valence-electron chi connectivity index (χ2n) is 5.10. The number of carbonyl (C=O) groups is 1. The minimum atomic E-state index is 0.134. The lowest BCUT2D eigenvalue weighted by molar-refractivity contribution is -0.0445. The molecule has 1 amide bonds. The summed E-state index contributed by atoms with van der Waals surface area (Å²) in [7, 11) is 0. The summed E-state index contributed by atoms with van der Waals surface area (Å²) in [4.78, 5) is 18.7. The Balaban J connectivity index is 1.86. The Hall–Kier alpha value is -1.42. The van der Waals surface area contributed by atoms with E-state index in [1.54, 1.807) is 12.4 Å². The molecule has 0 spiro atoms. The molecular weight excluding hydrogens is 228 g/mol. The molecule has 0 radical (unpaired) electrons. The molecule has 3 rings (SSSR count). The number of pyridine rings is 1. The van der Waals surface area contributed by atoms with Crippen molar-refractivity contribution in [2.75, 3.05) is 13.2 Å². The fourth-order valence-electron chi connectivity index (χ4n) is 3.05. The number of rotatable bonds is 1. The maximum absolute atomic E-state index is 12.6. The zero-order valence-electron chi connectivity index (χ0n) is 10.6. The molecule has 0 N–H and O–H groups in total. The molecule has 1 aliphatic heterocycles. The van der Waals surface area contributed by atoms with Gasteiger partial charge in [0.2, 0.25) is 0 Å². The van der Waals surface area contributed by atoms with Gasteiger partial charge in [0.15, 0.2) is 0 Å². The van der Waals surface area contributed by atoms with Gasteiger partial charge in [0.25, 0.3) is 5.91 Å². The lowest BCUT2D eigenvalue weighted by Crippen LogP contribution is -2.51. The summed E-state index contributed by atoms with van der Waals surface area (Å²) >= 11 is 0. The van der Waals surface area contributed by atoms with Crippen molar-refractivity contribution in [1.29, 1.82) is 0 Å². The average Bonchev–Trinajstić information content (AvgIpc) is 2.86. The lowest BCUT2D eigenvalue weighted by Gasteiger charge is -2.37. The molecule has 1 aromatic heterocycles. The Morgan fingerprint density at radius 3 is 3.22 bits per heavy atom. The molecule has 2 fully saturated rings. The van der Waals surface area contributed by atoms with Crippen molar-refractivity contribution >= 4 is 5.91 Å². The standard InChI is InChI=1S/C14H18N2O2/c1-10-9-15-6-5-11(10)14(17)16-7-8-18-13-4-2-3-12(13)16/h5-6,9,12-13H,2-4,7-8H2,1H3/t12-,13+/m1/s1. The predicted octanol–water partition coefficient (Wildman–Crippen LogP) is 1.78. The van der Waals surface area contributed by atoms with Crippen LogP contribution in [0.2, 0.25) is 0 Å². The van der Waals surface area contributed by atoms with Crippen molar-refractivity contribution in [2.24, 2.45) is 0 Å². The van der Waals surface area contributed by atoms with Gasteiger partial charge in [-0.05, 0) is 37.8 Å². The number of aryl methyl sites for hydroxylation is 1. The van der Waals surface area contributed by atoms with Gasteiger partial charge in [-0.3, -0.25) is 9.78 Å². The zero-order valence-corrected chi connectivity index (χ0v) is 10.6. The summed E-state index contributed by atoms with van der Waals surface area (Å²) in [5.41, 5.74) is 1.72. The lowest BCUT2D eigenvalue weighted by atomic mass is 10.1. The van der Waals surface area contributed by atoms with E-state index in [1.807, 2.05) is 17.9 Å². The summed E-state index contributed by atoms with van der Waals surface area (Å²) in [6, 6.07) is 2.09. The third-order valence-electron chi connectivity index (χ3n) is 3.99. The molecule has 4 nitrogen and oxygen atoms in total. The first-order valence-corrected chi connectivity index (χ1v) is 6.60. The summed E-state index contributed by atoms with van der Waals surface area (Å²) in [5.74, 6) is 0.134. The van der Waals surface area contributed by atoms with E-state index in [0.717, 1.165) is 30.4 Å². The van der Waals surface area contributed by atoms with Gasteiger partial charge in [0.05, 0.1) is 18.8 Å². The number of nitrogens with zero attached hydrogens (tertiary/aromatic N) is 2. The maximum atomic E-state index is 12.6. The van der Waals surface area contributed by atoms with E-state index in [0.29, 0.717) is 13.2 Å². The van der Waals surface area contributed by atoms with E-state index in [1.165, 1.54) is 0 Å². The van der Waals surface area contributed by atoms with Crippen molar-refractivity contribution in [3.63, 3.8) is 0 Å². The number of ether oxygens (including phenoxy) is 1. The summed E-state index contributed by atoms with van der Waals surface area (Å²) in [5, 5.41) is 0. The first kappa shape index (κ1) is 11.7. The Bertz CT molecular complexity index is 461. The van der Waals surface area contributed by atoms with Crippen LogP contribution in [0.5, 0.6) is 0 Å². The first-order valence-electron chi connectivity index (χ1n) is 6.60. The van der Waals surface area contributed by atoms with Gasteiger partial charge in [-0.15, -0.1) is 0 Å². The summed E-state index contributed by atoms with van der Waals surface area (Å²) in [6.07, 6.45) is 7.01. The highest BCUT2D eigenvalue weighted by Gasteiger charge is 2.38. The molecule has 1 saturated heterocycles. The molecule has 1 saturated carbocycles. The monoisotopic (exact) mass is 246 g/mol. The molecule has 2 heterocycles. The Labute approximate surface area is 107 Å². The van der Waals surface area contributed by atoms with Crippen molar-refractivity contribution in [2.45, 2.75) is 38.3 Å². The van der Waals surface area contributed by atoms with E-state index in [2.05, 4.69) is 4.98 Å². The van der Waals surface area contributed by atoms with Gasteiger partial charge < -0.3 is 9.64 Å². The third-order valence-corrected chi connectivity index (χ3v) is 3.99. The van der Waals surface area contributed by atoms with Crippen LogP contribution in [0.3, 0.4) is 0 Å². The van der Waals surface area contributed by atoms with Crippen molar-refractivity contribution in [3.8, 4) is 0 Å². The zero-order chi connectivity index (χ0) is 12.5. The fourth-order valence-corrected chi connectivity index (χ4v) is 3.05. The molecule has 18 heavy (non-hydrogen) atoms. The highest BCUT2D eigenvalue weighted by Crippen LogP contribution is 2.30. The Kier molecular flexibility index (Phi) is 3.04. The Morgan fingerprint density at radius 1 is 1.50 bits per heavy atom. The predicted molar refractivity (Wildman–Crippen MR) is 67.4 cm³/mol. The van der Waals surface area contributed by atoms with Crippen molar-refractivity contribution in [1.82, 2.24) is 9.88 Å². The number of carbonyl (C=O) groups excluding carboxylic acids is 1. The molecule has 0 unspecified atom stereocenters. The number of hydrogen-bond acceptors (Lipinski definition) is 3. The molecule has 1 aliphatic carbocycles. The number of hydrogen-bond donors (Lipinski definition) is 0. The molecule has 4 heteroatoms. The van der Waals surface area contributed by atoms with Crippen LogP contribution in [-0.2, 0) is 4.74 Å². The molecule has 0 aromatic carbocycles. The van der Waals surface area contributed by atoms with Crippen LogP contribution in [0, 0.1) is 6.92 Å². The van der Waals surface area contributed by atoms with Gasteiger partial charge in [-0.2, -0.15) is 0 Å². The topological polar surface area (TPSA) is 42.4 Å². The van der Waals surface area contributed by atoms with Crippen LogP contribution >= 0.6 is 0 Å².